The minimum Gasteiger partial charge on any atom is -0.497 e. The lowest BCUT2D eigenvalue weighted by molar-refractivity contribution is 0.415. The fourth-order valence-corrected chi connectivity index (χ4v) is 6.87. The first-order valence-corrected chi connectivity index (χ1v) is 13.7. The molecule has 0 aliphatic carbocycles. The Morgan fingerprint density at radius 3 is 0.974 bits per heavy atom. The molecule has 0 atom stereocenters. The lowest BCUT2D eigenvalue weighted by Crippen LogP contribution is -1.98. The number of hydrogen-bond donors (Lipinski definition) is 0. The Bertz CT molecular complexity index is 1820. The number of aryl methyl sites for hydroxylation is 3. The van der Waals surface area contributed by atoms with E-state index in [1.807, 2.05) is 0 Å². The molecule has 7 aromatic rings. The van der Waals surface area contributed by atoms with E-state index in [0.717, 1.165) is 36.9 Å². The third-order valence-corrected chi connectivity index (χ3v) is 8.47. The van der Waals surface area contributed by atoms with Gasteiger partial charge in [0.25, 0.3) is 0 Å². The molecule has 0 saturated heterocycles. The molecule has 0 N–H and O–H groups in total. The van der Waals surface area contributed by atoms with E-state index in [-0.39, 0.29) is 0 Å². The van der Waals surface area contributed by atoms with Crippen molar-refractivity contribution < 1.29 is 14.2 Å². The van der Waals surface area contributed by atoms with Crippen molar-refractivity contribution in [1.82, 2.24) is 13.7 Å². The normalized spacial score (nSPS) is 12.2. The highest BCUT2D eigenvalue weighted by Crippen LogP contribution is 2.49. The highest BCUT2D eigenvalue weighted by Gasteiger charge is 2.27. The topological polar surface area (TPSA) is 42.5 Å². The van der Waals surface area contributed by atoms with Crippen molar-refractivity contribution in [1.29, 1.82) is 0 Å². The van der Waals surface area contributed by atoms with Gasteiger partial charge in [-0.05, 0) is 75.4 Å². The maximum atomic E-state index is 5.73. The molecule has 7 rings (SSSR count). The van der Waals surface area contributed by atoms with Crippen LogP contribution in [-0.2, 0) is 19.6 Å². The summed E-state index contributed by atoms with van der Waals surface area (Å²) in [5.41, 5.74) is 7.43. The third kappa shape index (κ3) is 2.97. The van der Waals surface area contributed by atoms with Crippen LogP contribution in [-0.4, -0.2) is 35.0 Å². The summed E-state index contributed by atoms with van der Waals surface area (Å²) in [6.45, 7) is 9.28. The quantitative estimate of drug-likeness (QED) is 0.223. The number of hydrogen-bond acceptors (Lipinski definition) is 3. The first-order valence-electron chi connectivity index (χ1n) is 13.7. The number of methoxy groups -OCH3 is 3. The zero-order valence-corrected chi connectivity index (χ0v) is 23.4. The van der Waals surface area contributed by atoms with Crippen LogP contribution in [0.25, 0.3) is 65.4 Å². The molecule has 0 fully saturated rings. The van der Waals surface area contributed by atoms with Gasteiger partial charge in [0, 0.05) is 68.5 Å². The Morgan fingerprint density at radius 2 is 0.744 bits per heavy atom. The predicted molar refractivity (Wildman–Crippen MR) is 162 cm³/mol. The van der Waals surface area contributed by atoms with Crippen LogP contribution in [0, 0.1) is 0 Å². The second-order valence-electron chi connectivity index (χ2n) is 10.1. The van der Waals surface area contributed by atoms with Crippen LogP contribution in [0.1, 0.15) is 20.8 Å². The van der Waals surface area contributed by atoms with Crippen LogP contribution >= 0.6 is 0 Å². The Hall–Kier alpha value is -4.32. The largest absolute Gasteiger partial charge is 0.497 e. The van der Waals surface area contributed by atoms with E-state index in [0.29, 0.717) is 0 Å². The molecule has 198 valence electrons. The molecule has 0 bridgehead atoms. The molecular formula is C33H33N3O3. The molecule has 0 unspecified atom stereocenters. The van der Waals surface area contributed by atoms with Crippen molar-refractivity contribution in [3.63, 3.8) is 0 Å². The Balaban J connectivity index is 1.93. The maximum absolute atomic E-state index is 5.73. The molecule has 0 aliphatic heterocycles. The molecule has 6 nitrogen and oxygen atoms in total. The molecule has 0 spiro atoms. The van der Waals surface area contributed by atoms with Crippen molar-refractivity contribution in [3.05, 3.63) is 54.6 Å². The number of aromatic nitrogens is 3. The molecule has 0 amide bonds. The average Bonchev–Trinajstić information content (AvgIpc) is 3.60. The molecule has 3 aromatic heterocycles. The summed E-state index contributed by atoms with van der Waals surface area (Å²) in [6, 6.07) is 19.4. The smallest absolute Gasteiger partial charge is 0.119 e. The van der Waals surface area contributed by atoms with E-state index in [9.17, 15) is 0 Å². The van der Waals surface area contributed by atoms with Gasteiger partial charge in [-0.2, -0.15) is 0 Å². The second kappa shape index (κ2) is 8.60. The SMILES string of the molecule is CCn1c2ccc(OC)cc2c2c1c1c3cc(OC)ccc3n(CC)c1c1c3cc(OC)ccc3n(CC)c21. The molecule has 0 radical (unpaired) electrons. The maximum Gasteiger partial charge on any atom is 0.119 e. The Labute approximate surface area is 226 Å². The molecule has 0 aliphatic rings. The molecule has 4 aromatic carbocycles. The van der Waals surface area contributed by atoms with Gasteiger partial charge in [-0.15, -0.1) is 0 Å². The van der Waals surface area contributed by atoms with Gasteiger partial charge in [-0.3, -0.25) is 0 Å². The van der Waals surface area contributed by atoms with Crippen LogP contribution in [0.4, 0.5) is 0 Å². The van der Waals surface area contributed by atoms with Gasteiger partial charge in [0.05, 0.1) is 37.9 Å². The molecule has 0 saturated carbocycles. The zero-order chi connectivity index (χ0) is 27.0. The van der Waals surface area contributed by atoms with Crippen LogP contribution < -0.4 is 14.2 Å². The molecular weight excluding hydrogens is 486 g/mol. The number of rotatable bonds is 6. The van der Waals surface area contributed by atoms with Gasteiger partial charge in [0.2, 0.25) is 0 Å². The lowest BCUT2D eigenvalue weighted by atomic mass is 10.0. The predicted octanol–water partition coefficient (Wildman–Crippen LogP) is 8.10. The summed E-state index contributed by atoms with van der Waals surface area (Å²) in [5.74, 6) is 2.60. The van der Waals surface area contributed by atoms with Crippen molar-refractivity contribution in [2.45, 2.75) is 40.4 Å². The number of nitrogens with zero attached hydrogens (tertiary/aromatic N) is 3. The highest BCUT2D eigenvalue weighted by molar-refractivity contribution is 6.39. The van der Waals surface area contributed by atoms with Crippen LogP contribution in [0.2, 0.25) is 0 Å². The zero-order valence-electron chi connectivity index (χ0n) is 23.4. The number of ether oxygens (including phenoxy) is 3. The summed E-state index contributed by atoms with van der Waals surface area (Å²) in [4.78, 5) is 0. The fourth-order valence-electron chi connectivity index (χ4n) is 6.87. The summed E-state index contributed by atoms with van der Waals surface area (Å²) < 4.78 is 24.6. The highest BCUT2D eigenvalue weighted by atomic mass is 16.5. The fraction of sp³-hybridized carbons (Fsp3) is 0.273. The third-order valence-electron chi connectivity index (χ3n) is 8.47. The Morgan fingerprint density at radius 1 is 0.462 bits per heavy atom. The summed E-state index contributed by atoms with van der Waals surface area (Å²) in [7, 11) is 5.22. The average molecular weight is 520 g/mol. The minimum atomic E-state index is 0.857. The van der Waals surface area contributed by atoms with Gasteiger partial charge < -0.3 is 27.9 Å². The van der Waals surface area contributed by atoms with Crippen LogP contribution in [0.15, 0.2) is 54.6 Å². The van der Waals surface area contributed by atoms with Gasteiger partial charge in [-0.1, -0.05) is 0 Å². The first kappa shape index (κ1) is 23.8. The van der Waals surface area contributed by atoms with Crippen molar-refractivity contribution in [2.75, 3.05) is 21.3 Å². The van der Waals surface area contributed by atoms with E-state index in [4.69, 9.17) is 14.2 Å². The van der Waals surface area contributed by atoms with Crippen LogP contribution in [0.3, 0.4) is 0 Å². The van der Waals surface area contributed by atoms with E-state index >= 15 is 0 Å². The minimum absolute atomic E-state index is 0.857. The second-order valence-corrected chi connectivity index (χ2v) is 10.1. The van der Waals surface area contributed by atoms with E-state index in [1.165, 1.54) is 65.4 Å². The molecule has 39 heavy (non-hydrogen) atoms. The number of benzene rings is 4. The van der Waals surface area contributed by atoms with Crippen molar-refractivity contribution in [2.24, 2.45) is 0 Å². The van der Waals surface area contributed by atoms with Gasteiger partial charge >= 0.3 is 0 Å². The molecule has 3 heterocycles. The Kier molecular flexibility index (Phi) is 5.24. The van der Waals surface area contributed by atoms with Gasteiger partial charge in [0.15, 0.2) is 0 Å². The molecule has 6 heteroatoms. The van der Waals surface area contributed by atoms with E-state index < -0.39 is 0 Å². The van der Waals surface area contributed by atoms with Gasteiger partial charge in [-0.25, -0.2) is 0 Å². The van der Waals surface area contributed by atoms with Crippen molar-refractivity contribution in [3.8, 4) is 17.2 Å². The summed E-state index contributed by atoms with van der Waals surface area (Å²) >= 11 is 0. The first-order chi connectivity index (χ1) is 19.1. The monoisotopic (exact) mass is 519 g/mol. The van der Waals surface area contributed by atoms with Gasteiger partial charge in [0.1, 0.15) is 17.2 Å². The standard InChI is InChI=1S/C33H33N3O3/c1-7-34-25-13-10-19(37-4)16-22(25)28-31(34)29-23-17-20(38-5)11-14-26(23)35(8-2)33(29)30-24-18-21(39-6)12-15-27(24)36(9-3)32(28)30/h10-18H,7-9H2,1-6H3. The summed E-state index contributed by atoms with van der Waals surface area (Å²) in [6.07, 6.45) is 0. The van der Waals surface area contributed by atoms with E-state index in [2.05, 4.69) is 89.1 Å². The van der Waals surface area contributed by atoms with Crippen molar-refractivity contribution >= 4 is 65.4 Å². The number of fused-ring (bicyclic) bond motifs is 12. The summed E-state index contributed by atoms with van der Waals surface area (Å²) in [5, 5.41) is 7.43. The van der Waals surface area contributed by atoms with Crippen LogP contribution in [0.5, 0.6) is 17.2 Å². The lowest BCUT2D eigenvalue weighted by Gasteiger charge is -2.10. The van der Waals surface area contributed by atoms with E-state index in [1.54, 1.807) is 21.3 Å².